The number of hydrogen-bond acceptors (Lipinski definition) is 5. The first-order valence-electron chi connectivity index (χ1n) is 4.65. The molecule has 15 heavy (non-hydrogen) atoms. The summed E-state index contributed by atoms with van der Waals surface area (Å²) in [6.07, 6.45) is 4.26. The topological polar surface area (TPSA) is 63.8 Å². The van der Waals surface area contributed by atoms with Gasteiger partial charge in [0.2, 0.25) is 0 Å². The molecule has 0 fully saturated rings. The third-order valence-electron chi connectivity index (χ3n) is 2.08. The van der Waals surface area contributed by atoms with Crippen LogP contribution in [0.5, 0.6) is 0 Å². The molecule has 1 unspecified atom stereocenters. The van der Waals surface area contributed by atoms with E-state index in [1.807, 2.05) is 6.07 Å². The van der Waals surface area contributed by atoms with Crippen LogP contribution < -0.4 is 11.3 Å². The van der Waals surface area contributed by atoms with Crippen molar-refractivity contribution in [3.8, 4) is 0 Å². The van der Waals surface area contributed by atoms with Gasteiger partial charge in [0.1, 0.15) is 5.82 Å². The Morgan fingerprint density at radius 1 is 1.33 bits per heavy atom. The largest absolute Gasteiger partial charge is 0.271 e. The van der Waals surface area contributed by atoms with E-state index in [9.17, 15) is 0 Å². The van der Waals surface area contributed by atoms with Crippen molar-refractivity contribution < 1.29 is 0 Å². The molecule has 0 saturated carbocycles. The van der Waals surface area contributed by atoms with Crippen LogP contribution in [0, 0.1) is 0 Å². The van der Waals surface area contributed by atoms with Gasteiger partial charge in [-0.2, -0.15) is 0 Å². The van der Waals surface area contributed by atoms with E-state index >= 15 is 0 Å². The summed E-state index contributed by atoms with van der Waals surface area (Å²) >= 11 is 1.71. The Hall–Kier alpha value is -1.30. The molecule has 0 amide bonds. The molecule has 0 spiro atoms. The van der Waals surface area contributed by atoms with Gasteiger partial charge in [0.05, 0.1) is 6.04 Å². The van der Waals surface area contributed by atoms with Gasteiger partial charge in [-0.1, -0.05) is 6.07 Å². The maximum Gasteiger partial charge on any atom is 0.146 e. The molecule has 0 saturated heterocycles. The third-order valence-corrected chi connectivity index (χ3v) is 2.98. The minimum absolute atomic E-state index is 0.0233. The number of nitrogens with zero attached hydrogens (tertiary/aromatic N) is 2. The lowest BCUT2D eigenvalue weighted by Gasteiger charge is -2.12. The molecule has 0 aliphatic rings. The van der Waals surface area contributed by atoms with Crippen LogP contribution >= 0.6 is 11.3 Å². The normalized spacial score (nSPS) is 12.6. The van der Waals surface area contributed by atoms with E-state index in [-0.39, 0.29) is 6.04 Å². The Labute approximate surface area is 92.2 Å². The molecule has 0 bridgehead atoms. The highest BCUT2D eigenvalue weighted by Crippen LogP contribution is 2.17. The van der Waals surface area contributed by atoms with E-state index in [1.165, 1.54) is 4.88 Å². The third kappa shape index (κ3) is 2.59. The minimum atomic E-state index is -0.0233. The molecular formula is C10H12N4S. The predicted molar refractivity (Wildman–Crippen MR) is 60.1 cm³/mol. The van der Waals surface area contributed by atoms with Crippen molar-refractivity contribution in [1.29, 1.82) is 0 Å². The summed E-state index contributed by atoms with van der Waals surface area (Å²) < 4.78 is 0. The molecule has 4 nitrogen and oxygen atoms in total. The van der Waals surface area contributed by atoms with Crippen LogP contribution in [-0.2, 0) is 6.42 Å². The lowest BCUT2D eigenvalue weighted by molar-refractivity contribution is 0.526. The highest BCUT2D eigenvalue weighted by Gasteiger charge is 2.13. The molecule has 0 aliphatic heterocycles. The van der Waals surface area contributed by atoms with E-state index < -0.39 is 0 Å². The number of nitrogens with one attached hydrogen (secondary N) is 1. The summed E-state index contributed by atoms with van der Waals surface area (Å²) in [6, 6.07) is 5.88. The lowest BCUT2D eigenvalue weighted by atomic mass is 10.2. The zero-order valence-corrected chi connectivity index (χ0v) is 8.95. The maximum atomic E-state index is 5.50. The molecule has 2 aromatic rings. The van der Waals surface area contributed by atoms with Crippen LogP contribution in [-0.4, -0.2) is 9.97 Å². The zero-order valence-electron chi connectivity index (χ0n) is 8.13. The number of thiophene rings is 1. The predicted octanol–water partition coefficient (Wildman–Crippen LogP) is 1.29. The number of rotatable bonds is 4. The number of hydrazine groups is 1. The van der Waals surface area contributed by atoms with Crippen molar-refractivity contribution >= 4 is 11.3 Å². The first kappa shape index (κ1) is 10.2. The summed E-state index contributed by atoms with van der Waals surface area (Å²) in [6.45, 7) is 0. The van der Waals surface area contributed by atoms with Crippen molar-refractivity contribution in [2.24, 2.45) is 5.84 Å². The minimum Gasteiger partial charge on any atom is -0.271 e. The molecule has 1 atom stereocenters. The first-order valence-corrected chi connectivity index (χ1v) is 5.53. The fraction of sp³-hybridized carbons (Fsp3) is 0.200. The summed E-state index contributed by atoms with van der Waals surface area (Å²) in [4.78, 5) is 9.63. The quantitative estimate of drug-likeness (QED) is 0.602. The molecule has 2 heterocycles. The van der Waals surface area contributed by atoms with Gasteiger partial charge < -0.3 is 0 Å². The number of hydrogen-bond donors (Lipinski definition) is 2. The molecule has 2 rings (SSSR count). The monoisotopic (exact) mass is 220 g/mol. The van der Waals surface area contributed by atoms with Crippen molar-refractivity contribution in [3.63, 3.8) is 0 Å². The van der Waals surface area contributed by atoms with Crippen molar-refractivity contribution in [2.75, 3.05) is 0 Å². The molecule has 78 valence electrons. The Morgan fingerprint density at radius 2 is 2.13 bits per heavy atom. The SMILES string of the molecule is NNC(Cc1cccs1)c1ncccn1. The number of nitrogens with two attached hydrogens (primary N) is 1. The lowest BCUT2D eigenvalue weighted by Crippen LogP contribution is -2.30. The summed E-state index contributed by atoms with van der Waals surface area (Å²) in [5.41, 5.74) is 2.74. The second-order valence-electron chi connectivity index (χ2n) is 3.11. The van der Waals surface area contributed by atoms with E-state index in [0.717, 1.165) is 12.2 Å². The van der Waals surface area contributed by atoms with Gasteiger partial charge in [0, 0.05) is 23.7 Å². The van der Waals surface area contributed by atoms with Crippen molar-refractivity contribution in [3.05, 3.63) is 46.7 Å². The van der Waals surface area contributed by atoms with E-state index in [1.54, 1.807) is 29.8 Å². The van der Waals surface area contributed by atoms with Crippen LogP contribution in [0.25, 0.3) is 0 Å². The summed E-state index contributed by atoms with van der Waals surface area (Å²) in [7, 11) is 0. The Balaban J connectivity index is 2.12. The summed E-state index contributed by atoms with van der Waals surface area (Å²) in [5.74, 6) is 6.23. The summed E-state index contributed by atoms with van der Waals surface area (Å²) in [5, 5.41) is 2.05. The smallest absolute Gasteiger partial charge is 0.146 e. The van der Waals surface area contributed by atoms with Crippen LogP contribution in [0.1, 0.15) is 16.7 Å². The first-order chi connectivity index (χ1) is 7.40. The van der Waals surface area contributed by atoms with Crippen LogP contribution in [0.2, 0.25) is 0 Å². The fourth-order valence-corrected chi connectivity index (χ4v) is 2.10. The van der Waals surface area contributed by atoms with Gasteiger partial charge in [-0.25, -0.2) is 15.4 Å². The van der Waals surface area contributed by atoms with Gasteiger partial charge >= 0.3 is 0 Å². The highest BCUT2D eigenvalue weighted by atomic mass is 32.1. The molecule has 2 aromatic heterocycles. The highest BCUT2D eigenvalue weighted by molar-refractivity contribution is 7.09. The molecule has 3 N–H and O–H groups in total. The average Bonchev–Trinajstić information content (AvgIpc) is 2.80. The number of aromatic nitrogens is 2. The van der Waals surface area contributed by atoms with Crippen molar-refractivity contribution in [1.82, 2.24) is 15.4 Å². The Morgan fingerprint density at radius 3 is 2.73 bits per heavy atom. The molecule has 0 aliphatic carbocycles. The molecular weight excluding hydrogens is 208 g/mol. The second-order valence-corrected chi connectivity index (χ2v) is 4.14. The van der Waals surface area contributed by atoms with E-state index in [4.69, 9.17) is 5.84 Å². The molecule has 0 aromatic carbocycles. The Kier molecular flexibility index (Phi) is 3.39. The van der Waals surface area contributed by atoms with Crippen LogP contribution in [0.3, 0.4) is 0 Å². The van der Waals surface area contributed by atoms with Gasteiger partial charge in [0.25, 0.3) is 0 Å². The van der Waals surface area contributed by atoms with Gasteiger partial charge in [-0.3, -0.25) is 5.84 Å². The molecule has 0 radical (unpaired) electrons. The average molecular weight is 220 g/mol. The van der Waals surface area contributed by atoms with Gasteiger partial charge in [-0.05, 0) is 17.5 Å². The van der Waals surface area contributed by atoms with Gasteiger partial charge in [-0.15, -0.1) is 11.3 Å². The fourth-order valence-electron chi connectivity index (χ4n) is 1.35. The van der Waals surface area contributed by atoms with Gasteiger partial charge in [0.15, 0.2) is 0 Å². The van der Waals surface area contributed by atoms with Crippen LogP contribution in [0.15, 0.2) is 36.0 Å². The zero-order chi connectivity index (χ0) is 10.5. The van der Waals surface area contributed by atoms with Crippen LogP contribution in [0.4, 0.5) is 0 Å². The van der Waals surface area contributed by atoms with Crippen molar-refractivity contribution in [2.45, 2.75) is 12.5 Å². The van der Waals surface area contributed by atoms with E-state index in [2.05, 4.69) is 26.8 Å². The standard InChI is InChI=1S/C10H12N4S/c11-14-9(7-8-3-1-6-15-8)10-12-4-2-5-13-10/h1-6,9,14H,7,11H2. The maximum absolute atomic E-state index is 5.50. The van der Waals surface area contributed by atoms with E-state index in [0.29, 0.717) is 0 Å². The molecule has 5 heteroatoms. The Bertz CT molecular complexity index is 387. The second kappa shape index (κ2) is 4.97.